The average molecular weight is 193 g/mol. The van der Waals surface area contributed by atoms with Gasteiger partial charge in [-0.1, -0.05) is 18.2 Å². The molecule has 0 spiro atoms. The van der Waals surface area contributed by atoms with Gasteiger partial charge in [-0.15, -0.1) is 0 Å². The van der Waals surface area contributed by atoms with Gasteiger partial charge in [0.15, 0.2) is 6.29 Å². The predicted molar refractivity (Wildman–Crippen MR) is 55.4 cm³/mol. The van der Waals surface area contributed by atoms with E-state index in [9.17, 15) is 0 Å². The summed E-state index contributed by atoms with van der Waals surface area (Å²) in [5.74, 6) is 0. The van der Waals surface area contributed by atoms with Crippen LogP contribution < -0.4 is 4.90 Å². The smallest absolute Gasteiger partial charge is 0.175 e. The molecule has 1 aromatic rings. The highest BCUT2D eigenvalue weighted by Gasteiger charge is 2.17. The van der Waals surface area contributed by atoms with Crippen molar-refractivity contribution in [2.24, 2.45) is 0 Å². The molecule has 0 unspecified atom stereocenters. The second-order valence-electron chi connectivity index (χ2n) is 3.39. The summed E-state index contributed by atoms with van der Waals surface area (Å²) in [6.45, 7) is 2.21. The van der Waals surface area contributed by atoms with E-state index in [0.29, 0.717) is 13.2 Å². The highest BCUT2D eigenvalue weighted by Crippen LogP contribution is 2.13. The Balaban J connectivity index is 1.92. The maximum Gasteiger partial charge on any atom is 0.175 e. The van der Waals surface area contributed by atoms with E-state index in [1.807, 2.05) is 25.2 Å². The van der Waals surface area contributed by atoms with Crippen LogP contribution in [0.15, 0.2) is 30.3 Å². The zero-order valence-corrected chi connectivity index (χ0v) is 8.35. The van der Waals surface area contributed by atoms with Gasteiger partial charge in [-0.05, 0) is 12.1 Å². The van der Waals surface area contributed by atoms with Crippen LogP contribution in [0.3, 0.4) is 0 Å². The Kier molecular flexibility index (Phi) is 3.01. The molecule has 0 radical (unpaired) electrons. The minimum atomic E-state index is -0.0693. The largest absolute Gasteiger partial charge is 0.369 e. The Morgan fingerprint density at radius 3 is 2.50 bits per heavy atom. The molecule has 0 saturated carbocycles. The number of hydrogen-bond donors (Lipinski definition) is 0. The van der Waals surface area contributed by atoms with Crippen molar-refractivity contribution in [1.29, 1.82) is 0 Å². The van der Waals surface area contributed by atoms with Gasteiger partial charge in [-0.2, -0.15) is 0 Å². The first kappa shape index (κ1) is 9.49. The predicted octanol–water partition coefficient (Wildman–Crippen LogP) is 1.50. The minimum Gasteiger partial charge on any atom is -0.369 e. The van der Waals surface area contributed by atoms with Gasteiger partial charge in [0.05, 0.1) is 19.8 Å². The second-order valence-corrected chi connectivity index (χ2v) is 3.39. The molecule has 2 rings (SSSR count). The first-order chi connectivity index (χ1) is 6.86. The van der Waals surface area contributed by atoms with E-state index in [1.165, 1.54) is 5.69 Å². The van der Waals surface area contributed by atoms with Gasteiger partial charge in [-0.25, -0.2) is 0 Å². The fourth-order valence-electron chi connectivity index (χ4n) is 1.52. The summed E-state index contributed by atoms with van der Waals surface area (Å²) in [7, 11) is 2.04. The van der Waals surface area contributed by atoms with E-state index in [0.717, 1.165) is 6.54 Å². The molecule has 1 heterocycles. The van der Waals surface area contributed by atoms with E-state index < -0.39 is 0 Å². The van der Waals surface area contributed by atoms with Gasteiger partial charge in [0.2, 0.25) is 0 Å². The Bertz CT molecular complexity index is 270. The number of hydrogen-bond acceptors (Lipinski definition) is 3. The fourth-order valence-corrected chi connectivity index (χ4v) is 1.52. The molecule has 1 aliphatic heterocycles. The molecule has 0 aromatic heterocycles. The summed E-state index contributed by atoms with van der Waals surface area (Å²) in [4.78, 5) is 2.13. The lowest BCUT2D eigenvalue weighted by molar-refractivity contribution is -0.0336. The van der Waals surface area contributed by atoms with E-state index >= 15 is 0 Å². The van der Waals surface area contributed by atoms with Crippen LogP contribution in [0.25, 0.3) is 0 Å². The third kappa shape index (κ3) is 2.25. The number of nitrogens with zero attached hydrogens (tertiary/aromatic N) is 1. The molecule has 0 bridgehead atoms. The molecule has 14 heavy (non-hydrogen) atoms. The SMILES string of the molecule is CN(CC1OCCO1)c1ccccc1. The van der Waals surface area contributed by atoms with Crippen molar-refractivity contribution >= 4 is 5.69 Å². The Labute approximate surface area is 84.2 Å². The van der Waals surface area contributed by atoms with E-state index in [4.69, 9.17) is 9.47 Å². The van der Waals surface area contributed by atoms with Crippen LogP contribution in [0.2, 0.25) is 0 Å². The van der Waals surface area contributed by atoms with Crippen LogP contribution in [-0.2, 0) is 9.47 Å². The minimum absolute atomic E-state index is 0.0693. The molecule has 76 valence electrons. The average Bonchev–Trinajstić information content (AvgIpc) is 2.72. The molecule has 1 aromatic carbocycles. The molecule has 3 heteroatoms. The number of rotatable bonds is 3. The van der Waals surface area contributed by atoms with Gasteiger partial charge in [0.1, 0.15) is 0 Å². The topological polar surface area (TPSA) is 21.7 Å². The van der Waals surface area contributed by atoms with E-state index in [-0.39, 0.29) is 6.29 Å². The molecular formula is C11H15NO2. The van der Waals surface area contributed by atoms with Gasteiger partial charge in [0.25, 0.3) is 0 Å². The number of para-hydroxylation sites is 1. The maximum absolute atomic E-state index is 5.38. The van der Waals surface area contributed by atoms with Crippen molar-refractivity contribution in [3.05, 3.63) is 30.3 Å². The van der Waals surface area contributed by atoms with Crippen molar-refractivity contribution in [3.8, 4) is 0 Å². The Morgan fingerprint density at radius 1 is 1.21 bits per heavy atom. The Hall–Kier alpha value is -1.06. The fraction of sp³-hybridized carbons (Fsp3) is 0.455. The molecule has 0 atom stereocenters. The molecule has 1 saturated heterocycles. The van der Waals surface area contributed by atoms with Gasteiger partial charge >= 0.3 is 0 Å². The van der Waals surface area contributed by atoms with E-state index in [2.05, 4.69) is 17.0 Å². The lowest BCUT2D eigenvalue weighted by Crippen LogP contribution is -2.29. The highest BCUT2D eigenvalue weighted by atomic mass is 16.7. The molecule has 0 aliphatic carbocycles. The zero-order valence-electron chi connectivity index (χ0n) is 8.35. The first-order valence-electron chi connectivity index (χ1n) is 4.85. The van der Waals surface area contributed by atoms with Gasteiger partial charge in [0, 0.05) is 12.7 Å². The molecule has 3 nitrogen and oxygen atoms in total. The van der Waals surface area contributed by atoms with Crippen molar-refractivity contribution in [3.63, 3.8) is 0 Å². The third-order valence-electron chi connectivity index (χ3n) is 2.31. The molecule has 0 amide bonds. The normalized spacial score (nSPS) is 17.2. The van der Waals surface area contributed by atoms with Crippen LogP contribution in [0.1, 0.15) is 0 Å². The molecular weight excluding hydrogens is 178 g/mol. The quantitative estimate of drug-likeness (QED) is 0.726. The van der Waals surface area contributed by atoms with Gasteiger partial charge < -0.3 is 14.4 Å². The summed E-state index contributed by atoms with van der Waals surface area (Å²) < 4.78 is 10.8. The number of ether oxygens (including phenoxy) is 2. The third-order valence-corrected chi connectivity index (χ3v) is 2.31. The molecule has 0 N–H and O–H groups in total. The Morgan fingerprint density at radius 2 is 1.86 bits per heavy atom. The number of benzene rings is 1. The summed E-state index contributed by atoms with van der Waals surface area (Å²) in [5, 5.41) is 0. The first-order valence-corrected chi connectivity index (χ1v) is 4.85. The van der Waals surface area contributed by atoms with Crippen molar-refractivity contribution in [2.75, 3.05) is 31.7 Å². The molecule has 1 fully saturated rings. The summed E-state index contributed by atoms with van der Waals surface area (Å²) in [6, 6.07) is 10.2. The number of likely N-dealkylation sites (N-methyl/N-ethyl adjacent to an activating group) is 1. The van der Waals surface area contributed by atoms with Crippen LogP contribution in [0.5, 0.6) is 0 Å². The van der Waals surface area contributed by atoms with Crippen molar-refractivity contribution in [2.45, 2.75) is 6.29 Å². The van der Waals surface area contributed by atoms with Crippen LogP contribution in [0.4, 0.5) is 5.69 Å². The van der Waals surface area contributed by atoms with E-state index in [1.54, 1.807) is 0 Å². The van der Waals surface area contributed by atoms with Crippen LogP contribution in [-0.4, -0.2) is 33.1 Å². The number of anilines is 1. The summed E-state index contributed by atoms with van der Waals surface area (Å²) in [6.07, 6.45) is -0.0693. The van der Waals surface area contributed by atoms with Gasteiger partial charge in [-0.3, -0.25) is 0 Å². The zero-order chi connectivity index (χ0) is 9.80. The molecule has 1 aliphatic rings. The summed E-state index contributed by atoms with van der Waals surface area (Å²) >= 11 is 0. The lowest BCUT2D eigenvalue weighted by Gasteiger charge is -2.21. The maximum atomic E-state index is 5.38. The second kappa shape index (κ2) is 4.44. The summed E-state index contributed by atoms with van der Waals surface area (Å²) in [5.41, 5.74) is 1.19. The van der Waals surface area contributed by atoms with Crippen LogP contribution >= 0.6 is 0 Å². The highest BCUT2D eigenvalue weighted by molar-refractivity contribution is 5.44. The lowest BCUT2D eigenvalue weighted by atomic mass is 10.3. The van der Waals surface area contributed by atoms with Crippen molar-refractivity contribution < 1.29 is 9.47 Å². The van der Waals surface area contributed by atoms with Crippen molar-refractivity contribution in [1.82, 2.24) is 0 Å². The van der Waals surface area contributed by atoms with Crippen LogP contribution in [0, 0.1) is 0 Å². The standard InChI is InChI=1S/C11H15NO2/c1-12(9-11-13-7-8-14-11)10-5-3-2-4-6-10/h2-6,11H,7-9H2,1H3. The monoisotopic (exact) mass is 193 g/mol.